The SMILES string of the molecule is C=CC[SiH](C=Cc1ccccc1)CC=C. The molecule has 1 heteroatoms. The summed E-state index contributed by atoms with van der Waals surface area (Å²) >= 11 is 0. The van der Waals surface area contributed by atoms with Crippen molar-refractivity contribution >= 4 is 14.9 Å². The second-order valence-corrected chi connectivity index (χ2v) is 6.43. The molecule has 0 unspecified atom stereocenters. The molecule has 0 aliphatic rings. The van der Waals surface area contributed by atoms with Gasteiger partial charge in [-0.25, -0.2) is 0 Å². The molecule has 0 aliphatic carbocycles. The number of hydrogen-bond donors (Lipinski definition) is 0. The number of hydrogen-bond acceptors (Lipinski definition) is 0. The highest BCUT2D eigenvalue weighted by Gasteiger charge is 2.00. The van der Waals surface area contributed by atoms with Crippen molar-refractivity contribution in [2.24, 2.45) is 0 Å². The summed E-state index contributed by atoms with van der Waals surface area (Å²) in [5.41, 5.74) is 3.65. The molecule has 0 atom stereocenters. The van der Waals surface area contributed by atoms with Gasteiger partial charge in [-0.1, -0.05) is 54.3 Å². The molecule has 0 heterocycles. The molecule has 0 spiro atoms. The van der Waals surface area contributed by atoms with Gasteiger partial charge in [-0.3, -0.25) is 0 Å². The van der Waals surface area contributed by atoms with Crippen LogP contribution in [0.5, 0.6) is 0 Å². The van der Waals surface area contributed by atoms with E-state index in [2.05, 4.69) is 49.2 Å². The summed E-state index contributed by atoms with van der Waals surface area (Å²) in [6.07, 6.45) is 6.27. The maximum absolute atomic E-state index is 3.80. The number of allylic oxidation sites excluding steroid dienone is 2. The lowest BCUT2D eigenvalue weighted by molar-refractivity contribution is 1.55. The summed E-state index contributed by atoms with van der Waals surface area (Å²) in [5, 5.41) is 0. The average Bonchev–Trinajstić information content (AvgIpc) is 2.28. The zero-order valence-corrected chi connectivity index (χ0v) is 10.3. The fourth-order valence-corrected chi connectivity index (χ4v) is 3.35. The number of rotatable bonds is 6. The van der Waals surface area contributed by atoms with Gasteiger partial charge in [0.05, 0.1) is 8.80 Å². The minimum atomic E-state index is -0.820. The van der Waals surface area contributed by atoms with Crippen molar-refractivity contribution in [3.63, 3.8) is 0 Å². The molecule has 1 aromatic carbocycles. The van der Waals surface area contributed by atoms with Crippen LogP contribution in [0.1, 0.15) is 5.56 Å². The van der Waals surface area contributed by atoms with Crippen molar-refractivity contribution in [2.75, 3.05) is 0 Å². The first-order chi connectivity index (χ1) is 7.36. The van der Waals surface area contributed by atoms with E-state index in [1.807, 2.05) is 18.2 Å². The first-order valence-electron chi connectivity index (χ1n) is 5.32. The molecule has 1 rings (SSSR count). The van der Waals surface area contributed by atoms with Gasteiger partial charge in [-0.2, -0.15) is 0 Å². The van der Waals surface area contributed by atoms with Crippen molar-refractivity contribution in [1.82, 2.24) is 0 Å². The van der Waals surface area contributed by atoms with Gasteiger partial charge in [0, 0.05) is 0 Å². The van der Waals surface area contributed by atoms with E-state index in [0.717, 1.165) is 12.1 Å². The van der Waals surface area contributed by atoms with Crippen LogP contribution in [-0.2, 0) is 0 Å². The predicted octanol–water partition coefficient (Wildman–Crippen LogP) is 3.84. The first kappa shape index (κ1) is 11.7. The Bertz CT molecular complexity index is 314. The van der Waals surface area contributed by atoms with Crippen LogP contribution < -0.4 is 0 Å². The Hall–Kier alpha value is -1.34. The van der Waals surface area contributed by atoms with Gasteiger partial charge < -0.3 is 0 Å². The van der Waals surface area contributed by atoms with Gasteiger partial charge in [0.25, 0.3) is 0 Å². The Balaban J connectivity index is 2.60. The lowest BCUT2D eigenvalue weighted by atomic mass is 10.2. The van der Waals surface area contributed by atoms with Crippen LogP contribution in [0.4, 0.5) is 0 Å². The molecule has 0 saturated carbocycles. The molecule has 0 fully saturated rings. The minimum absolute atomic E-state index is 0.820. The van der Waals surface area contributed by atoms with E-state index >= 15 is 0 Å². The monoisotopic (exact) mass is 214 g/mol. The Morgan fingerprint density at radius 3 is 2.13 bits per heavy atom. The summed E-state index contributed by atoms with van der Waals surface area (Å²) in [5.74, 6) is 0. The van der Waals surface area contributed by atoms with Crippen LogP contribution in [0.25, 0.3) is 6.08 Å². The van der Waals surface area contributed by atoms with Crippen LogP contribution in [-0.4, -0.2) is 8.80 Å². The summed E-state index contributed by atoms with van der Waals surface area (Å²) in [7, 11) is -0.820. The van der Waals surface area contributed by atoms with E-state index in [0.29, 0.717) is 0 Å². The normalized spacial score (nSPS) is 10.7. The molecule has 0 saturated heterocycles. The third-order valence-electron chi connectivity index (χ3n) is 2.30. The fraction of sp³-hybridized carbons (Fsp3) is 0.143. The highest BCUT2D eigenvalue weighted by molar-refractivity contribution is 6.65. The molecule has 0 nitrogen and oxygen atoms in total. The summed E-state index contributed by atoms with van der Waals surface area (Å²) in [6.45, 7) is 7.61. The smallest absolute Gasteiger partial charge is 0.0689 e. The highest BCUT2D eigenvalue weighted by atomic mass is 28.3. The first-order valence-corrected chi connectivity index (χ1v) is 7.62. The van der Waals surface area contributed by atoms with E-state index in [-0.39, 0.29) is 0 Å². The number of benzene rings is 1. The van der Waals surface area contributed by atoms with Crippen molar-refractivity contribution in [3.05, 3.63) is 66.9 Å². The zero-order valence-electron chi connectivity index (χ0n) is 9.10. The lowest BCUT2D eigenvalue weighted by Gasteiger charge is -2.04. The molecule has 0 N–H and O–H groups in total. The van der Waals surface area contributed by atoms with Crippen LogP contribution in [0.3, 0.4) is 0 Å². The molecule has 0 aliphatic heterocycles. The van der Waals surface area contributed by atoms with Gasteiger partial charge >= 0.3 is 0 Å². The van der Waals surface area contributed by atoms with Crippen LogP contribution in [0.15, 0.2) is 61.3 Å². The summed E-state index contributed by atoms with van der Waals surface area (Å²) < 4.78 is 0. The molecular formula is C14H18Si. The summed E-state index contributed by atoms with van der Waals surface area (Å²) in [4.78, 5) is 0. The Labute approximate surface area is 94.3 Å². The topological polar surface area (TPSA) is 0 Å². The fourth-order valence-electron chi connectivity index (χ4n) is 1.49. The maximum atomic E-state index is 3.80. The van der Waals surface area contributed by atoms with Crippen molar-refractivity contribution < 1.29 is 0 Å². The lowest BCUT2D eigenvalue weighted by Crippen LogP contribution is -2.05. The van der Waals surface area contributed by atoms with Gasteiger partial charge in [0.15, 0.2) is 0 Å². The van der Waals surface area contributed by atoms with Crippen LogP contribution in [0, 0.1) is 0 Å². The van der Waals surface area contributed by atoms with E-state index in [4.69, 9.17) is 0 Å². The zero-order chi connectivity index (χ0) is 10.9. The second-order valence-electron chi connectivity index (χ2n) is 3.58. The van der Waals surface area contributed by atoms with Crippen LogP contribution >= 0.6 is 0 Å². The van der Waals surface area contributed by atoms with Crippen molar-refractivity contribution in [2.45, 2.75) is 12.1 Å². The molecule has 0 amide bonds. The van der Waals surface area contributed by atoms with E-state index < -0.39 is 8.80 Å². The highest BCUT2D eigenvalue weighted by Crippen LogP contribution is 2.07. The van der Waals surface area contributed by atoms with E-state index in [1.54, 1.807) is 0 Å². The predicted molar refractivity (Wildman–Crippen MR) is 72.6 cm³/mol. The van der Waals surface area contributed by atoms with Crippen molar-refractivity contribution in [1.29, 1.82) is 0 Å². The van der Waals surface area contributed by atoms with Gasteiger partial charge in [-0.05, 0) is 17.7 Å². The Morgan fingerprint density at radius 2 is 1.60 bits per heavy atom. The van der Waals surface area contributed by atoms with Gasteiger partial charge in [-0.15, -0.1) is 13.2 Å². The largest absolute Gasteiger partial charge is 0.103 e. The van der Waals surface area contributed by atoms with E-state index in [1.165, 1.54) is 5.56 Å². The molecule has 78 valence electrons. The molecule has 0 bridgehead atoms. The standard InChI is InChI=1S/C14H18Si/c1-3-11-15(12-4-2)13-10-14-8-6-5-7-9-14/h3-10,13,15H,1-2,11-12H2. The molecular weight excluding hydrogens is 196 g/mol. The third-order valence-corrected chi connectivity index (χ3v) is 4.91. The maximum Gasteiger partial charge on any atom is 0.0689 e. The molecule has 0 aromatic heterocycles. The minimum Gasteiger partial charge on any atom is -0.103 e. The third kappa shape index (κ3) is 4.61. The van der Waals surface area contributed by atoms with Crippen molar-refractivity contribution in [3.8, 4) is 0 Å². The molecule has 1 aromatic rings. The quantitative estimate of drug-likeness (QED) is 0.498. The van der Waals surface area contributed by atoms with E-state index in [9.17, 15) is 0 Å². The van der Waals surface area contributed by atoms with Crippen LogP contribution in [0.2, 0.25) is 12.1 Å². The Morgan fingerprint density at radius 1 is 1.00 bits per heavy atom. The van der Waals surface area contributed by atoms with Gasteiger partial charge in [0.2, 0.25) is 0 Å². The summed E-state index contributed by atoms with van der Waals surface area (Å²) in [6, 6.07) is 12.7. The molecule has 15 heavy (non-hydrogen) atoms. The average molecular weight is 214 g/mol. The second kappa shape index (κ2) is 7.02. The molecule has 0 radical (unpaired) electrons. The Kier molecular flexibility index (Phi) is 5.49. The van der Waals surface area contributed by atoms with Gasteiger partial charge in [0.1, 0.15) is 0 Å².